The van der Waals surface area contributed by atoms with Crippen LogP contribution in [0.2, 0.25) is 5.02 Å². The molecule has 0 radical (unpaired) electrons. The molecule has 0 amide bonds. The molecule has 3 aliphatic rings. The minimum atomic E-state index is -4.34. The normalized spacial score (nSPS) is 28.2. The number of fused-ring (bicyclic) bond motifs is 3. The smallest absolute Gasteiger partial charge is 0.189 e. The van der Waals surface area contributed by atoms with E-state index in [1.54, 1.807) is 0 Å². The zero-order valence-electron chi connectivity index (χ0n) is 19.3. The first kappa shape index (κ1) is 25.8. The summed E-state index contributed by atoms with van der Waals surface area (Å²) in [4.78, 5) is -0.0984. The zero-order valence-corrected chi connectivity index (χ0v) is 21.6. The van der Waals surface area contributed by atoms with E-state index in [1.165, 1.54) is 24.3 Å². The summed E-state index contributed by atoms with van der Waals surface area (Å²) in [6, 6.07) is 7.29. The number of sulfone groups is 2. The van der Waals surface area contributed by atoms with Gasteiger partial charge in [0.25, 0.3) is 0 Å². The van der Waals surface area contributed by atoms with E-state index in [4.69, 9.17) is 21.1 Å². The van der Waals surface area contributed by atoms with Crippen molar-refractivity contribution in [2.24, 2.45) is 5.92 Å². The average molecular weight is 562 g/mol. The van der Waals surface area contributed by atoms with Gasteiger partial charge in [-0.3, -0.25) is 0 Å². The van der Waals surface area contributed by atoms with Gasteiger partial charge in [0, 0.05) is 24.1 Å². The maximum absolute atomic E-state index is 15.4. The maximum atomic E-state index is 15.4. The number of hydrogen-bond acceptors (Lipinski definition) is 7. The molecule has 196 valence electrons. The first-order valence-corrected chi connectivity index (χ1v) is 15.3. The van der Waals surface area contributed by atoms with Crippen LogP contribution in [0.4, 0.5) is 8.78 Å². The summed E-state index contributed by atoms with van der Waals surface area (Å²) in [7, 11) is -7.81. The highest BCUT2D eigenvalue weighted by Gasteiger charge is 2.61. The summed E-state index contributed by atoms with van der Waals surface area (Å²) in [6.07, 6.45) is -0.486. The summed E-state index contributed by atoms with van der Waals surface area (Å²) in [5.74, 6) is -3.38. The predicted octanol–water partition coefficient (Wildman–Crippen LogP) is 3.25. The van der Waals surface area contributed by atoms with Crippen LogP contribution in [0.15, 0.2) is 41.3 Å². The van der Waals surface area contributed by atoms with Crippen LogP contribution < -0.4 is 10.1 Å². The van der Waals surface area contributed by atoms with E-state index in [1.807, 2.05) is 0 Å². The van der Waals surface area contributed by atoms with Crippen molar-refractivity contribution in [1.29, 1.82) is 0 Å². The van der Waals surface area contributed by atoms with Crippen LogP contribution in [0.1, 0.15) is 24.8 Å². The standard InChI is InChI=1S/C24H26ClF2NO6S2/c25-15-1-3-16(4-2-15)36(31,32)24-9-11-33-21(8-12-35(29,30)17-7-10-28-13-17)18(24)14-34-23-20(27)6-5-19(26)22(23)24/h1-6,17-18,21,28H,7-14H2/t17-,18?,21?,24-/m0/s1. The fourth-order valence-electron chi connectivity index (χ4n) is 5.72. The quantitative estimate of drug-likeness (QED) is 0.578. The first-order valence-electron chi connectivity index (χ1n) is 11.7. The molecule has 2 saturated heterocycles. The Kier molecular flexibility index (Phi) is 6.82. The van der Waals surface area contributed by atoms with Crippen molar-refractivity contribution in [3.8, 4) is 5.75 Å². The fraction of sp³-hybridized carbons (Fsp3) is 0.500. The highest BCUT2D eigenvalue weighted by atomic mass is 35.5. The molecule has 0 saturated carbocycles. The third-order valence-corrected chi connectivity index (χ3v) is 12.6. The van der Waals surface area contributed by atoms with Gasteiger partial charge in [-0.2, -0.15) is 0 Å². The van der Waals surface area contributed by atoms with Crippen molar-refractivity contribution in [3.63, 3.8) is 0 Å². The third-order valence-electron chi connectivity index (χ3n) is 7.56. The Morgan fingerprint density at radius 1 is 1.06 bits per heavy atom. The monoisotopic (exact) mass is 561 g/mol. The van der Waals surface area contributed by atoms with Crippen LogP contribution in [0.5, 0.6) is 5.75 Å². The van der Waals surface area contributed by atoms with Crippen LogP contribution in [0, 0.1) is 17.6 Å². The van der Waals surface area contributed by atoms with Gasteiger partial charge in [-0.25, -0.2) is 25.6 Å². The Balaban J connectivity index is 1.60. The van der Waals surface area contributed by atoms with E-state index in [9.17, 15) is 21.2 Å². The molecule has 7 nitrogen and oxygen atoms in total. The lowest BCUT2D eigenvalue weighted by Gasteiger charge is -2.50. The fourth-order valence-corrected chi connectivity index (χ4v) is 9.93. The van der Waals surface area contributed by atoms with Crippen molar-refractivity contribution in [2.75, 3.05) is 32.1 Å². The maximum Gasteiger partial charge on any atom is 0.189 e. The van der Waals surface area contributed by atoms with Gasteiger partial charge in [-0.05, 0) is 62.2 Å². The molecule has 0 bridgehead atoms. The minimum absolute atomic E-state index is 0.0109. The van der Waals surface area contributed by atoms with Crippen LogP contribution in [0.25, 0.3) is 0 Å². The number of ether oxygens (including phenoxy) is 2. The number of rotatable bonds is 6. The Labute approximate surface area is 214 Å². The van der Waals surface area contributed by atoms with Crippen LogP contribution >= 0.6 is 11.6 Å². The van der Waals surface area contributed by atoms with E-state index in [-0.39, 0.29) is 42.3 Å². The molecule has 3 aliphatic heterocycles. The molecule has 0 spiro atoms. The Morgan fingerprint density at radius 2 is 1.78 bits per heavy atom. The van der Waals surface area contributed by atoms with Gasteiger partial charge in [0.1, 0.15) is 10.6 Å². The molecule has 0 aliphatic carbocycles. The lowest BCUT2D eigenvalue weighted by atomic mass is 9.75. The second-order valence-electron chi connectivity index (χ2n) is 9.43. The molecule has 4 atom stereocenters. The summed E-state index contributed by atoms with van der Waals surface area (Å²) >= 11 is 5.97. The van der Waals surface area contributed by atoms with Crippen molar-refractivity contribution < 1.29 is 35.1 Å². The summed E-state index contributed by atoms with van der Waals surface area (Å²) in [5.41, 5.74) is -0.371. The first-order chi connectivity index (χ1) is 17.1. The summed E-state index contributed by atoms with van der Waals surface area (Å²) in [5, 5.41) is 2.84. The molecule has 3 heterocycles. The van der Waals surface area contributed by atoms with Crippen LogP contribution in [-0.2, 0) is 29.2 Å². The summed E-state index contributed by atoms with van der Waals surface area (Å²) in [6.45, 7) is 0.641. The molecular formula is C24H26ClF2NO6S2. The molecule has 2 unspecified atom stereocenters. The largest absolute Gasteiger partial charge is 0.490 e. The van der Waals surface area contributed by atoms with Crippen molar-refractivity contribution in [1.82, 2.24) is 5.32 Å². The number of hydrogen-bond donors (Lipinski definition) is 1. The molecular weight excluding hydrogens is 536 g/mol. The van der Waals surface area contributed by atoms with Crippen LogP contribution in [0.3, 0.4) is 0 Å². The van der Waals surface area contributed by atoms with Gasteiger partial charge in [0.05, 0.1) is 34.2 Å². The Morgan fingerprint density at radius 3 is 2.47 bits per heavy atom. The average Bonchev–Trinajstić information content (AvgIpc) is 3.41. The van der Waals surface area contributed by atoms with E-state index < -0.39 is 59.1 Å². The van der Waals surface area contributed by atoms with Gasteiger partial charge < -0.3 is 14.8 Å². The lowest BCUT2D eigenvalue weighted by molar-refractivity contribution is -0.0732. The van der Waals surface area contributed by atoms with Gasteiger partial charge >= 0.3 is 0 Å². The minimum Gasteiger partial charge on any atom is -0.490 e. The van der Waals surface area contributed by atoms with Gasteiger partial charge in [0.2, 0.25) is 0 Å². The van der Waals surface area contributed by atoms with Crippen molar-refractivity contribution >= 4 is 31.3 Å². The SMILES string of the molecule is O=S(=O)(CCC1OCC[C@@]2(S(=O)(=O)c3ccc(Cl)cc3)c3c(F)ccc(F)c3OCC12)[C@H]1CCNC1. The van der Waals surface area contributed by atoms with E-state index in [0.29, 0.717) is 24.5 Å². The summed E-state index contributed by atoms with van der Waals surface area (Å²) < 4.78 is 94.1. The number of halogens is 3. The number of benzene rings is 2. The third kappa shape index (κ3) is 4.13. The molecule has 36 heavy (non-hydrogen) atoms. The molecule has 5 rings (SSSR count). The molecule has 2 fully saturated rings. The highest BCUT2D eigenvalue weighted by molar-refractivity contribution is 7.92. The van der Waals surface area contributed by atoms with Gasteiger partial charge in [-0.1, -0.05) is 11.6 Å². The molecule has 12 heteroatoms. The van der Waals surface area contributed by atoms with Gasteiger partial charge in [0.15, 0.2) is 31.2 Å². The van der Waals surface area contributed by atoms with Crippen molar-refractivity contribution in [2.45, 2.75) is 40.3 Å². The van der Waals surface area contributed by atoms with Crippen LogP contribution in [-0.4, -0.2) is 60.2 Å². The Hall–Kier alpha value is -1.79. The molecule has 0 aromatic heterocycles. The van der Waals surface area contributed by atoms with Crippen molar-refractivity contribution in [3.05, 3.63) is 58.6 Å². The second kappa shape index (κ2) is 9.50. The van der Waals surface area contributed by atoms with Gasteiger partial charge in [-0.15, -0.1) is 0 Å². The van der Waals surface area contributed by atoms with E-state index >= 15 is 4.39 Å². The molecule has 2 aromatic rings. The van der Waals surface area contributed by atoms with E-state index in [2.05, 4.69) is 5.32 Å². The zero-order chi connectivity index (χ0) is 25.7. The lowest BCUT2D eigenvalue weighted by Crippen LogP contribution is -2.57. The molecule has 1 N–H and O–H groups in total. The highest BCUT2D eigenvalue weighted by Crippen LogP contribution is 2.56. The predicted molar refractivity (Wildman–Crippen MR) is 130 cm³/mol. The topological polar surface area (TPSA) is 98.8 Å². The molecule has 2 aromatic carbocycles. The van der Waals surface area contributed by atoms with E-state index in [0.717, 1.165) is 12.1 Å². The second-order valence-corrected chi connectivity index (χ2v) is 14.5. The number of nitrogens with one attached hydrogen (secondary N) is 1. The Bertz CT molecular complexity index is 1360.